The highest BCUT2D eigenvalue weighted by Gasteiger charge is 2.08. The van der Waals surface area contributed by atoms with Crippen molar-refractivity contribution in [2.24, 2.45) is 0 Å². The van der Waals surface area contributed by atoms with Gasteiger partial charge in [0.15, 0.2) is 0 Å². The molecule has 0 saturated carbocycles. The van der Waals surface area contributed by atoms with E-state index in [4.69, 9.17) is 5.11 Å². The maximum Gasteiger partial charge on any atom is 0.335 e. The number of carbonyl (C=O) groups is 1. The van der Waals surface area contributed by atoms with Crippen molar-refractivity contribution in [3.8, 4) is 11.1 Å². The summed E-state index contributed by atoms with van der Waals surface area (Å²) in [5, 5.41) is 8.89. The topological polar surface area (TPSA) is 37.3 Å². The van der Waals surface area contributed by atoms with Gasteiger partial charge in [-0.05, 0) is 110 Å². The van der Waals surface area contributed by atoms with Gasteiger partial charge in [0.1, 0.15) is 0 Å². The van der Waals surface area contributed by atoms with Crippen LogP contribution in [0.15, 0.2) is 48.5 Å². The van der Waals surface area contributed by atoms with Crippen molar-refractivity contribution in [2.45, 2.75) is 41.5 Å². The van der Waals surface area contributed by atoms with Crippen LogP contribution in [0.4, 0.5) is 0 Å². The van der Waals surface area contributed by atoms with Crippen LogP contribution in [0.3, 0.4) is 0 Å². The van der Waals surface area contributed by atoms with Crippen molar-refractivity contribution in [3.05, 3.63) is 91.0 Å². The number of halogens is 1. The van der Waals surface area contributed by atoms with E-state index in [9.17, 15) is 4.79 Å². The fraction of sp³-hybridized carbons (Fsp3) is 0.240. The zero-order valence-corrected chi connectivity index (χ0v) is 19.5. The van der Waals surface area contributed by atoms with Gasteiger partial charge in [-0.25, -0.2) is 4.79 Å². The largest absolute Gasteiger partial charge is 0.478 e. The number of aromatic carboxylic acids is 1. The Bertz CT molecular complexity index is 956. The van der Waals surface area contributed by atoms with Gasteiger partial charge in [-0.15, -0.1) is 0 Å². The summed E-state index contributed by atoms with van der Waals surface area (Å²) in [5.41, 5.74) is 10.4. The van der Waals surface area contributed by atoms with Crippen LogP contribution in [0, 0.1) is 45.1 Å². The molecule has 2 nitrogen and oxygen atoms in total. The van der Waals surface area contributed by atoms with Crippen molar-refractivity contribution in [1.82, 2.24) is 0 Å². The minimum atomic E-state index is -0.890. The Morgan fingerprint density at radius 1 is 0.714 bits per heavy atom. The Labute approximate surface area is 181 Å². The molecule has 0 spiro atoms. The van der Waals surface area contributed by atoms with Crippen molar-refractivity contribution < 1.29 is 9.90 Å². The van der Waals surface area contributed by atoms with E-state index >= 15 is 0 Å². The van der Waals surface area contributed by atoms with Crippen LogP contribution >= 0.6 is 22.6 Å². The molecule has 0 atom stereocenters. The number of aryl methyl sites for hydroxylation is 6. The first-order valence-electron chi connectivity index (χ1n) is 9.25. The SMILES string of the molecule is Cc1cc(C)c(-c2ccc(C(=O)O)cc2)c(C)c1.Cc1cc(C)c(I)c(C)c1. The summed E-state index contributed by atoms with van der Waals surface area (Å²) in [6.07, 6.45) is 0. The van der Waals surface area contributed by atoms with Crippen LogP contribution < -0.4 is 0 Å². The molecule has 0 aliphatic carbocycles. The lowest BCUT2D eigenvalue weighted by Gasteiger charge is -2.11. The summed E-state index contributed by atoms with van der Waals surface area (Å²) in [7, 11) is 0. The number of benzene rings is 3. The van der Waals surface area contributed by atoms with E-state index in [0.29, 0.717) is 5.56 Å². The summed E-state index contributed by atoms with van der Waals surface area (Å²) in [6.45, 7) is 12.7. The van der Waals surface area contributed by atoms with E-state index < -0.39 is 5.97 Å². The number of hydrogen-bond acceptors (Lipinski definition) is 1. The zero-order chi connectivity index (χ0) is 21.0. The van der Waals surface area contributed by atoms with E-state index in [1.807, 2.05) is 12.1 Å². The smallest absolute Gasteiger partial charge is 0.335 e. The van der Waals surface area contributed by atoms with Gasteiger partial charge >= 0.3 is 5.97 Å². The van der Waals surface area contributed by atoms with E-state index in [2.05, 4.69) is 88.4 Å². The summed E-state index contributed by atoms with van der Waals surface area (Å²) in [5.74, 6) is -0.890. The highest BCUT2D eigenvalue weighted by molar-refractivity contribution is 14.1. The molecule has 0 radical (unpaired) electrons. The van der Waals surface area contributed by atoms with E-state index in [1.165, 1.54) is 42.5 Å². The summed E-state index contributed by atoms with van der Waals surface area (Å²) >= 11 is 2.39. The van der Waals surface area contributed by atoms with Crippen molar-refractivity contribution in [2.75, 3.05) is 0 Å². The molecule has 0 amide bonds. The standard InChI is InChI=1S/C16H16O2.C9H11I/c1-10-8-11(2)15(12(3)9-10)13-4-6-14(7-5-13)16(17)18;1-6-4-7(2)9(10)8(3)5-6/h4-9H,1-3H3,(H,17,18);4-5H,1-3H3. The predicted octanol–water partition coefficient (Wildman–Crippen LogP) is 7.19. The molecule has 3 aromatic carbocycles. The molecule has 28 heavy (non-hydrogen) atoms. The molecule has 146 valence electrons. The molecule has 1 N–H and O–H groups in total. The number of hydrogen-bond donors (Lipinski definition) is 1. The average Bonchev–Trinajstić information content (AvgIpc) is 2.59. The van der Waals surface area contributed by atoms with Crippen LogP contribution in [0.25, 0.3) is 11.1 Å². The molecule has 3 aromatic rings. The molecule has 0 aromatic heterocycles. The molecule has 0 aliphatic rings. The highest BCUT2D eigenvalue weighted by atomic mass is 127. The van der Waals surface area contributed by atoms with Gasteiger partial charge in [-0.2, -0.15) is 0 Å². The van der Waals surface area contributed by atoms with Gasteiger partial charge < -0.3 is 5.11 Å². The Kier molecular flexibility index (Phi) is 7.41. The fourth-order valence-corrected chi connectivity index (χ4v) is 3.89. The van der Waals surface area contributed by atoms with Crippen molar-refractivity contribution in [3.63, 3.8) is 0 Å². The fourth-order valence-electron chi connectivity index (χ4n) is 3.58. The second-order valence-electron chi connectivity index (χ2n) is 7.37. The maximum atomic E-state index is 10.8. The molecule has 0 fully saturated rings. The van der Waals surface area contributed by atoms with E-state index in [0.717, 1.165) is 5.56 Å². The maximum absolute atomic E-state index is 10.8. The lowest BCUT2D eigenvalue weighted by atomic mass is 9.93. The zero-order valence-electron chi connectivity index (χ0n) is 17.4. The van der Waals surface area contributed by atoms with Crippen LogP contribution in [0.1, 0.15) is 43.7 Å². The van der Waals surface area contributed by atoms with Crippen molar-refractivity contribution >= 4 is 28.6 Å². The number of carboxylic acid groups (broad SMARTS) is 1. The second kappa shape index (κ2) is 9.37. The molecular formula is C25H27IO2. The third-order valence-electron chi connectivity index (χ3n) is 4.68. The average molecular weight is 486 g/mol. The van der Waals surface area contributed by atoms with Crippen molar-refractivity contribution in [1.29, 1.82) is 0 Å². The van der Waals surface area contributed by atoms with Gasteiger partial charge in [-0.1, -0.05) is 47.5 Å². The normalized spacial score (nSPS) is 10.2. The van der Waals surface area contributed by atoms with Gasteiger partial charge in [0.05, 0.1) is 5.56 Å². The van der Waals surface area contributed by atoms with Crippen LogP contribution in [-0.4, -0.2) is 11.1 Å². The molecule has 0 saturated heterocycles. The predicted molar refractivity (Wildman–Crippen MR) is 126 cm³/mol. The molecule has 3 rings (SSSR count). The molecule has 0 unspecified atom stereocenters. The monoisotopic (exact) mass is 486 g/mol. The van der Waals surface area contributed by atoms with Crippen LogP contribution in [0.5, 0.6) is 0 Å². The summed E-state index contributed by atoms with van der Waals surface area (Å²) in [4.78, 5) is 10.8. The quantitative estimate of drug-likeness (QED) is 0.389. The minimum Gasteiger partial charge on any atom is -0.478 e. The lowest BCUT2D eigenvalue weighted by molar-refractivity contribution is 0.0697. The molecule has 0 bridgehead atoms. The lowest BCUT2D eigenvalue weighted by Crippen LogP contribution is -1.96. The molecule has 0 heterocycles. The third kappa shape index (κ3) is 5.44. The van der Waals surface area contributed by atoms with E-state index in [-0.39, 0.29) is 0 Å². The first kappa shape index (κ1) is 22.2. The summed E-state index contributed by atoms with van der Waals surface area (Å²) in [6, 6.07) is 15.8. The summed E-state index contributed by atoms with van der Waals surface area (Å²) < 4.78 is 1.39. The molecule has 0 aliphatic heterocycles. The minimum absolute atomic E-state index is 0.321. The third-order valence-corrected chi connectivity index (χ3v) is 6.38. The van der Waals surface area contributed by atoms with Gasteiger partial charge in [-0.3, -0.25) is 0 Å². The highest BCUT2D eigenvalue weighted by Crippen LogP contribution is 2.28. The Morgan fingerprint density at radius 2 is 1.11 bits per heavy atom. The number of carboxylic acids is 1. The van der Waals surface area contributed by atoms with Gasteiger partial charge in [0.2, 0.25) is 0 Å². The molecule has 3 heteroatoms. The Morgan fingerprint density at radius 3 is 1.50 bits per heavy atom. The Hall–Kier alpha value is -2.14. The number of rotatable bonds is 2. The second-order valence-corrected chi connectivity index (χ2v) is 8.45. The first-order chi connectivity index (χ1) is 13.1. The van der Waals surface area contributed by atoms with Gasteiger partial charge in [0.25, 0.3) is 0 Å². The van der Waals surface area contributed by atoms with Crippen LogP contribution in [-0.2, 0) is 0 Å². The van der Waals surface area contributed by atoms with E-state index in [1.54, 1.807) is 12.1 Å². The van der Waals surface area contributed by atoms with Gasteiger partial charge in [0, 0.05) is 3.57 Å². The Balaban J connectivity index is 0.000000237. The van der Waals surface area contributed by atoms with Crippen LogP contribution in [0.2, 0.25) is 0 Å². The first-order valence-corrected chi connectivity index (χ1v) is 10.3. The molecular weight excluding hydrogens is 459 g/mol.